The Bertz CT molecular complexity index is 460. The maximum atomic E-state index is 5.64. The minimum atomic E-state index is 0.516. The second-order valence-electron chi connectivity index (χ2n) is 3.15. The van der Waals surface area contributed by atoms with E-state index in [4.69, 9.17) is 5.73 Å². The van der Waals surface area contributed by atoms with Crippen LogP contribution in [-0.2, 0) is 6.54 Å². The number of aromatic nitrogens is 2. The molecule has 15 heavy (non-hydrogen) atoms. The van der Waals surface area contributed by atoms with Gasteiger partial charge in [-0.15, -0.1) is 0 Å². The van der Waals surface area contributed by atoms with E-state index in [0.29, 0.717) is 12.4 Å². The Hall–Kier alpha value is -0.810. The normalized spacial score (nSPS) is 10.5. The van der Waals surface area contributed by atoms with Gasteiger partial charge in [0.15, 0.2) is 5.82 Å². The minimum absolute atomic E-state index is 0.516. The van der Waals surface area contributed by atoms with E-state index >= 15 is 0 Å². The topological polar surface area (TPSA) is 43.8 Å². The van der Waals surface area contributed by atoms with Crippen LogP contribution in [0, 0.1) is 0 Å². The lowest BCUT2D eigenvalue weighted by molar-refractivity contribution is 0.688. The van der Waals surface area contributed by atoms with Crippen LogP contribution >= 0.6 is 31.9 Å². The Labute approximate surface area is 105 Å². The zero-order valence-electron chi connectivity index (χ0n) is 7.82. The van der Waals surface area contributed by atoms with Crippen molar-refractivity contribution in [1.29, 1.82) is 0 Å². The van der Waals surface area contributed by atoms with Gasteiger partial charge in [-0.25, -0.2) is 0 Å². The van der Waals surface area contributed by atoms with E-state index in [1.165, 1.54) is 5.56 Å². The van der Waals surface area contributed by atoms with E-state index in [1.54, 1.807) is 4.68 Å². The lowest BCUT2D eigenvalue weighted by atomic mass is 10.2. The lowest BCUT2D eigenvalue weighted by Gasteiger charge is -2.03. The minimum Gasteiger partial charge on any atom is -0.381 e. The molecule has 2 aromatic rings. The van der Waals surface area contributed by atoms with Gasteiger partial charge in [0.1, 0.15) is 0 Å². The Morgan fingerprint density at radius 1 is 1.20 bits per heavy atom. The van der Waals surface area contributed by atoms with Gasteiger partial charge >= 0.3 is 0 Å². The summed E-state index contributed by atoms with van der Waals surface area (Å²) in [6.07, 6.45) is 1.87. The van der Waals surface area contributed by atoms with E-state index < -0.39 is 0 Å². The number of hydrogen-bond acceptors (Lipinski definition) is 2. The van der Waals surface area contributed by atoms with Crippen LogP contribution in [0.2, 0.25) is 0 Å². The van der Waals surface area contributed by atoms with E-state index in [9.17, 15) is 0 Å². The van der Waals surface area contributed by atoms with Crippen molar-refractivity contribution < 1.29 is 0 Å². The van der Waals surface area contributed by atoms with Gasteiger partial charge in [0.05, 0.1) is 11.0 Å². The van der Waals surface area contributed by atoms with Gasteiger partial charge in [-0.2, -0.15) is 5.10 Å². The molecule has 78 valence electrons. The molecule has 0 saturated carbocycles. The van der Waals surface area contributed by atoms with Crippen molar-refractivity contribution >= 4 is 37.7 Å². The molecule has 0 spiro atoms. The van der Waals surface area contributed by atoms with E-state index in [2.05, 4.69) is 43.0 Å². The van der Waals surface area contributed by atoms with Gasteiger partial charge in [0.25, 0.3) is 0 Å². The second-order valence-corrected chi connectivity index (χ2v) is 4.86. The van der Waals surface area contributed by atoms with Crippen molar-refractivity contribution in [1.82, 2.24) is 9.78 Å². The van der Waals surface area contributed by atoms with E-state index in [1.807, 2.05) is 24.4 Å². The Balaban J connectivity index is 2.26. The number of nitrogens with zero attached hydrogens (tertiary/aromatic N) is 2. The fourth-order valence-corrected chi connectivity index (χ4v) is 2.02. The molecule has 1 heterocycles. The summed E-state index contributed by atoms with van der Waals surface area (Å²) in [4.78, 5) is 0. The zero-order chi connectivity index (χ0) is 10.8. The SMILES string of the molecule is Nc1nn(Cc2ccccc2Br)cc1Br. The summed E-state index contributed by atoms with van der Waals surface area (Å²) >= 11 is 6.82. The third-order valence-corrected chi connectivity index (χ3v) is 3.42. The van der Waals surface area contributed by atoms with E-state index in [0.717, 1.165) is 8.95 Å². The maximum Gasteiger partial charge on any atom is 0.159 e. The highest BCUT2D eigenvalue weighted by Crippen LogP contribution is 2.20. The molecule has 2 N–H and O–H groups in total. The maximum absolute atomic E-state index is 5.64. The molecule has 0 saturated heterocycles. The van der Waals surface area contributed by atoms with Gasteiger partial charge in [-0.1, -0.05) is 34.1 Å². The quantitative estimate of drug-likeness (QED) is 0.919. The van der Waals surface area contributed by atoms with Crippen LogP contribution in [0.15, 0.2) is 39.4 Å². The first-order valence-electron chi connectivity index (χ1n) is 4.38. The van der Waals surface area contributed by atoms with Crippen molar-refractivity contribution in [3.05, 3.63) is 45.0 Å². The third-order valence-electron chi connectivity index (χ3n) is 2.03. The molecule has 0 atom stereocenters. The first-order chi connectivity index (χ1) is 7.16. The van der Waals surface area contributed by atoms with Crippen LogP contribution in [0.25, 0.3) is 0 Å². The van der Waals surface area contributed by atoms with E-state index in [-0.39, 0.29) is 0 Å². The number of rotatable bonds is 2. The largest absolute Gasteiger partial charge is 0.381 e. The van der Waals surface area contributed by atoms with Crippen LogP contribution in [0.1, 0.15) is 5.56 Å². The Kier molecular flexibility index (Phi) is 3.11. The summed E-state index contributed by atoms with van der Waals surface area (Å²) in [6, 6.07) is 8.05. The molecule has 0 amide bonds. The van der Waals surface area contributed by atoms with Crippen molar-refractivity contribution in [2.24, 2.45) is 0 Å². The molecular weight excluding hydrogens is 322 g/mol. The molecule has 2 rings (SSSR count). The predicted molar refractivity (Wildman–Crippen MR) is 67.6 cm³/mol. The van der Waals surface area contributed by atoms with Crippen molar-refractivity contribution in [2.75, 3.05) is 5.73 Å². The summed E-state index contributed by atoms with van der Waals surface area (Å²) in [5.41, 5.74) is 6.82. The lowest BCUT2D eigenvalue weighted by Crippen LogP contribution is -2.01. The molecule has 0 unspecified atom stereocenters. The zero-order valence-corrected chi connectivity index (χ0v) is 11.0. The average molecular weight is 331 g/mol. The number of benzene rings is 1. The Morgan fingerprint density at radius 2 is 1.93 bits per heavy atom. The number of halogens is 2. The number of hydrogen-bond donors (Lipinski definition) is 1. The summed E-state index contributed by atoms with van der Waals surface area (Å²) < 4.78 is 3.71. The molecular formula is C10H9Br2N3. The molecule has 0 fully saturated rings. The molecule has 0 aliphatic rings. The smallest absolute Gasteiger partial charge is 0.159 e. The first kappa shape index (κ1) is 10.7. The van der Waals surface area contributed by atoms with Crippen LogP contribution in [0.4, 0.5) is 5.82 Å². The fraction of sp³-hybridized carbons (Fsp3) is 0.100. The average Bonchev–Trinajstić information content (AvgIpc) is 2.50. The molecule has 3 nitrogen and oxygen atoms in total. The number of nitrogen functional groups attached to an aromatic ring is 1. The summed E-state index contributed by atoms with van der Waals surface area (Å²) in [5, 5.41) is 4.17. The number of anilines is 1. The monoisotopic (exact) mass is 329 g/mol. The highest BCUT2D eigenvalue weighted by atomic mass is 79.9. The van der Waals surface area contributed by atoms with Gasteiger partial charge in [-0.3, -0.25) is 4.68 Å². The molecule has 1 aromatic carbocycles. The van der Waals surface area contributed by atoms with Crippen LogP contribution in [-0.4, -0.2) is 9.78 Å². The van der Waals surface area contributed by atoms with Gasteiger partial charge < -0.3 is 5.73 Å². The third kappa shape index (κ3) is 2.41. The van der Waals surface area contributed by atoms with Crippen molar-refractivity contribution in [3.8, 4) is 0 Å². The van der Waals surface area contributed by atoms with Crippen LogP contribution < -0.4 is 5.73 Å². The molecule has 0 aliphatic heterocycles. The fourth-order valence-electron chi connectivity index (χ4n) is 1.29. The standard InChI is InChI=1S/C10H9Br2N3/c11-8-4-2-1-3-7(8)5-15-6-9(12)10(13)14-15/h1-4,6H,5H2,(H2,13,14). The van der Waals surface area contributed by atoms with Crippen LogP contribution in [0.3, 0.4) is 0 Å². The Morgan fingerprint density at radius 3 is 2.53 bits per heavy atom. The molecule has 1 aromatic heterocycles. The molecule has 0 aliphatic carbocycles. The van der Waals surface area contributed by atoms with Crippen molar-refractivity contribution in [3.63, 3.8) is 0 Å². The molecule has 0 bridgehead atoms. The van der Waals surface area contributed by atoms with Gasteiger partial charge in [0, 0.05) is 10.7 Å². The summed E-state index contributed by atoms with van der Waals surface area (Å²) in [7, 11) is 0. The highest BCUT2D eigenvalue weighted by Gasteiger charge is 2.04. The van der Waals surface area contributed by atoms with Gasteiger partial charge in [0.2, 0.25) is 0 Å². The van der Waals surface area contributed by atoms with Crippen molar-refractivity contribution in [2.45, 2.75) is 6.54 Å². The predicted octanol–water partition coefficient (Wildman–Crippen LogP) is 3.04. The number of nitrogens with two attached hydrogens (primary N) is 1. The first-order valence-corrected chi connectivity index (χ1v) is 5.97. The van der Waals surface area contributed by atoms with Gasteiger partial charge in [-0.05, 0) is 27.6 Å². The second kappa shape index (κ2) is 4.37. The molecule has 5 heteroatoms. The summed E-state index contributed by atoms with van der Waals surface area (Å²) in [5.74, 6) is 0.516. The summed E-state index contributed by atoms with van der Waals surface area (Å²) in [6.45, 7) is 0.706. The molecule has 0 radical (unpaired) electrons. The van der Waals surface area contributed by atoms with Crippen LogP contribution in [0.5, 0.6) is 0 Å². The highest BCUT2D eigenvalue weighted by molar-refractivity contribution is 9.10.